The van der Waals surface area contributed by atoms with Crippen molar-refractivity contribution in [1.29, 1.82) is 0 Å². The van der Waals surface area contributed by atoms with E-state index in [1.807, 2.05) is 0 Å². The fourth-order valence-electron chi connectivity index (χ4n) is 4.59. The largest absolute Gasteiger partial charge is 0.472 e. The Morgan fingerprint density at radius 1 is 0.833 bits per heavy atom. The van der Waals surface area contributed by atoms with Crippen molar-refractivity contribution in [2.75, 3.05) is 13.2 Å². The number of aliphatic hydroxyl groups excluding tert-OH is 2. The number of ether oxygens (including phenoxy) is 7. The molecule has 2 N–H and O–H groups in total. The third-order valence-corrected chi connectivity index (χ3v) is 5.84. The fourth-order valence-corrected chi connectivity index (χ4v) is 4.59. The Hall–Kier alpha value is -3.00. The lowest BCUT2D eigenvalue weighted by Gasteiger charge is -2.45. The number of hydrogen-bond donors (Lipinski definition) is 2. The van der Waals surface area contributed by atoms with E-state index in [1.165, 1.54) is 13.2 Å². The SMILES string of the molecule is CC(=O)O[C@@H]1[C@@H](OC(C)=O)[C@H](O[C@@H]2OC=C[C@@H]3[C@H]2C(CO)=C[C@H]3OC(C)=O)O[C@H](CO)[C@H]1OC(C)=O. The topological polar surface area (TPSA) is 173 Å². The van der Waals surface area contributed by atoms with Gasteiger partial charge in [0.15, 0.2) is 18.3 Å². The molecule has 1 saturated heterocycles. The third-order valence-electron chi connectivity index (χ3n) is 5.84. The number of rotatable bonds is 8. The van der Waals surface area contributed by atoms with Gasteiger partial charge in [0, 0.05) is 33.6 Å². The van der Waals surface area contributed by atoms with Crippen LogP contribution in [0.3, 0.4) is 0 Å². The highest BCUT2D eigenvalue weighted by molar-refractivity contribution is 5.68. The predicted molar refractivity (Wildman–Crippen MR) is 115 cm³/mol. The number of fused-ring (bicyclic) bond motifs is 1. The molecule has 1 aliphatic carbocycles. The monoisotopic (exact) mass is 514 g/mol. The molecule has 0 radical (unpaired) electrons. The Balaban J connectivity index is 1.92. The van der Waals surface area contributed by atoms with Crippen LogP contribution < -0.4 is 0 Å². The van der Waals surface area contributed by atoms with Gasteiger partial charge < -0.3 is 43.4 Å². The zero-order valence-corrected chi connectivity index (χ0v) is 20.2. The lowest BCUT2D eigenvalue weighted by Crippen LogP contribution is -2.63. The van der Waals surface area contributed by atoms with Gasteiger partial charge in [-0.05, 0) is 17.7 Å². The average Bonchev–Trinajstić information content (AvgIpc) is 3.14. The normalized spacial score (nSPS) is 35.1. The first-order chi connectivity index (χ1) is 17.0. The maximum absolute atomic E-state index is 11.9. The van der Waals surface area contributed by atoms with E-state index in [0.29, 0.717) is 5.57 Å². The second kappa shape index (κ2) is 11.8. The molecule has 1 fully saturated rings. The Labute approximate surface area is 206 Å². The van der Waals surface area contributed by atoms with Crippen LogP contribution in [0.2, 0.25) is 0 Å². The minimum Gasteiger partial charge on any atom is -0.472 e. The van der Waals surface area contributed by atoms with Gasteiger partial charge in [-0.25, -0.2) is 0 Å². The summed E-state index contributed by atoms with van der Waals surface area (Å²) in [5.41, 5.74) is 0.480. The van der Waals surface area contributed by atoms with Gasteiger partial charge in [0.25, 0.3) is 0 Å². The van der Waals surface area contributed by atoms with Crippen molar-refractivity contribution in [3.63, 3.8) is 0 Å². The second-order valence-corrected chi connectivity index (χ2v) is 8.49. The second-order valence-electron chi connectivity index (χ2n) is 8.49. The van der Waals surface area contributed by atoms with E-state index < -0.39 is 85.4 Å². The first kappa shape index (κ1) is 27.6. The predicted octanol–water partition coefficient (Wildman–Crippen LogP) is -0.518. The van der Waals surface area contributed by atoms with Crippen LogP contribution in [0.4, 0.5) is 0 Å². The molecule has 13 heteroatoms. The Morgan fingerprint density at radius 2 is 1.42 bits per heavy atom. The smallest absolute Gasteiger partial charge is 0.303 e. The number of carbonyl (C=O) groups excluding carboxylic acids is 4. The van der Waals surface area contributed by atoms with Crippen LogP contribution in [0.15, 0.2) is 24.0 Å². The molecule has 9 atom stereocenters. The summed E-state index contributed by atoms with van der Waals surface area (Å²) in [6.07, 6.45) is -3.96. The first-order valence-corrected chi connectivity index (χ1v) is 11.3. The van der Waals surface area contributed by atoms with Gasteiger partial charge >= 0.3 is 23.9 Å². The van der Waals surface area contributed by atoms with Gasteiger partial charge in [0.05, 0.1) is 25.4 Å². The molecule has 200 valence electrons. The lowest BCUT2D eigenvalue weighted by atomic mass is 9.88. The van der Waals surface area contributed by atoms with E-state index in [-0.39, 0.29) is 6.61 Å². The van der Waals surface area contributed by atoms with Crippen LogP contribution in [-0.2, 0) is 52.3 Å². The van der Waals surface area contributed by atoms with Gasteiger partial charge in [0.2, 0.25) is 12.6 Å². The average molecular weight is 514 g/mol. The molecule has 2 heterocycles. The van der Waals surface area contributed by atoms with E-state index in [0.717, 1.165) is 20.8 Å². The van der Waals surface area contributed by atoms with Crippen LogP contribution in [0.25, 0.3) is 0 Å². The standard InChI is InChI=1S/C23H30O13/c1-10(26)31-16-7-14(8-24)18-15(16)5-6-30-22(18)36-23-21(34-13(4)29)20(33-12(3)28)19(32-11(2)27)17(9-25)35-23/h5-7,15-25H,8-9H2,1-4H3/t15-,16+,17+,18+,19+,20-,21+,22-,23-/m0/s1. The molecule has 3 aliphatic rings. The third kappa shape index (κ3) is 6.22. The summed E-state index contributed by atoms with van der Waals surface area (Å²) < 4.78 is 38.7. The first-order valence-electron chi connectivity index (χ1n) is 11.3. The summed E-state index contributed by atoms with van der Waals surface area (Å²) in [6, 6.07) is 0. The quantitative estimate of drug-likeness (QED) is 0.241. The van der Waals surface area contributed by atoms with Crippen LogP contribution in [-0.4, -0.2) is 90.4 Å². The molecule has 0 amide bonds. The van der Waals surface area contributed by atoms with E-state index in [9.17, 15) is 29.4 Å². The van der Waals surface area contributed by atoms with E-state index >= 15 is 0 Å². The molecule has 13 nitrogen and oxygen atoms in total. The molecule has 3 rings (SSSR count). The summed E-state index contributed by atoms with van der Waals surface area (Å²) >= 11 is 0. The molecule has 0 aromatic heterocycles. The van der Waals surface area contributed by atoms with Gasteiger partial charge in [-0.15, -0.1) is 0 Å². The summed E-state index contributed by atoms with van der Waals surface area (Å²) in [4.78, 5) is 47.0. The molecule has 36 heavy (non-hydrogen) atoms. The number of esters is 4. The zero-order chi connectivity index (χ0) is 26.6. The van der Waals surface area contributed by atoms with Crippen molar-refractivity contribution in [2.45, 2.75) is 70.8 Å². The molecule has 0 aromatic rings. The molecule has 2 aliphatic heterocycles. The molecule has 0 spiro atoms. The number of hydrogen-bond acceptors (Lipinski definition) is 13. The Morgan fingerprint density at radius 3 is 1.97 bits per heavy atom. The summed E-state index contributed by atoms with van der Waals surface area (Å²) in [5, 5.41) is 19.8. The van der Waals surface area contributed by atoms with Gasteiger partial charge in [0.1, 0.15) is 12.2 Å². The van der Waals surface area contributed by atoms with Crippen molar-refractivity contribution >= 4 is 23.9 Å². The summed E-state index contributed by atoms with van der Waals surface area (Å²) in [7, 11) is 0. The highest BCUT2D eigenvalue weighted by atomic mass is 16.8. The van der Waals surface area contributed by atoms with Crippen molar-refractivity contribution in [3.05, 3.63) is 24.0 Å². The fraction of sp³-hybridized carbons (Fsp3) is 0.652. The number of carbonyl (C=O) groups is 4. The van der Waals surface area contributed by atoms with Crippen molar-refractivity contribution in [2.24, 2.45) is 11.8 Å². The highest BCUT2D eigenvalue weighted by Gasteiger charge is 2.54. The molecular weight excluding hydrogens is 484 g/mol. The van der Waals surface area contributed by atoms with Crippen molar-refractivity contribution in [3.8, 4) is 0 Å². The van der Waals surface area contributed by atoms with E-state index in [4.69, 9.17) is 33.2 Å². The molecule has 0 bridgehead atoms. The maximum Gasteiger partial charge on any atom is 0.303 e. The summed E-state index contributed by atoms with van der Waals surface area (Å²) in [5.74, 6) is -3.84. The Kier molecular flexibility index (Phi) is 9.06. The van der Waals surface area contributed by atoms with Crippen molar-refractivity contribution in [1.82, 2.24) is 0 Å². The number of aliphatic hydroxyl groups is 2. The van der Waals surface area contributed by atoms with Crippen LogP contribution in [0.1, 0.15) is 27.7 Å². The Bertz CT molecular complexity index is 912. The highest BCUT2D eigenvalue weighted by Crippen LogP contribution is 2.42. The van der Waals surface area contributed by atoms with Crippen LogP contribution in [0.5, 0.6) is 0 Å². The van der Waals surface area contributed by atoms with Crippen LogP contribution in [0, 0.1) is 11.8 Å². The molecule has 0 unspecified atom stereocenters. The van der Waals surface area contributed by atoms with Crippen LogP contribution >= 0.6 is 0 Å². The van der Waals surface area contributed by atoms with Gasteiger partial charge in [-0.2, -0.15) is 0 Å². The lowest BCUT2D eigenvalue weighted by molar-refractivity contribution is -0.342. The van der Waals surface area contributed by atoms with Gasteiger partial charge in [-0.3, -0.25) is 19.2 Å². The molecule has 0 saturated carbocycles. The minimum atomic E-state index is -1.45. The van der Waals surface area contributed by atoms with E-state index in [2.05, 4.69) is 0 Å². The van der Waals surface area contributed by atoms with E-state index in [1.54, 1.807) is 12.2 Å². The molecule has 0 aromatic carbocycles. The maximum atomic E-state index is 11.9. The minimum absolute atomic E-state index is 0.376. The van der Waals surface area contributed by atoms with Gasteiger partial charge in [-0.1, -0.05) is 0 Å². The van der Waals surface area contributed by atoms with Crippen molar-refractivity contribution < 1.29 is 62.5 Å². The molecular formula is C23H30O13. The zero-order valence-electron chi connectivity index (χ0n) is 20.2. The summed E-state index contributed by atoms with van der Waals surface area (Å²) in [6.45, 7) is 3.58.